The molecule has 4 heteroatoms. The topological polar surface area (TPSA) is 18.5 Å². The molecule has 0 amide bonds. The van der Waals surface area contributed by atoms with Gasteiger partial charge in [0.25, 0.3) is 0 Å². The van der Waals surface area contributed by atoms with E-state index in [4.69, 9.17) is 9.31 Å². The van der Waals surface area contributed by atoms with Crippen molar-refractivity contribution in [3.8, 4) is 0 Å². The van der Waals surface area contributed by atoms with Crippen molar-refractivity contribution in [2.45, 2.75) is 25.3 Å². The molecular weight excluding hydrogens is 338 g/mol. The zero-order valence-electron chi connectivity index (χ0n) is 14.9. The summed E-state index contributed by atoms with van der Waals surface area (Å²) in [6, 6.07) is 31.7. The van der Waals surface area contributed by atoms with Gasteiger partial charge in [0.1, 0.15) is 0 Å². The Morgan fingerprint density at radius 2 is 1.23 bits per heavy atom. The van der Waals surface area contributed by atoms with Gasteiger partial charge in [-0.25, -0.2) is 0 Å². The first kappa shape index (κ1) is 17.5. The molecule has 0 unspecified atom stereocenters. The Bertz CT molecular complexity index is 774. The van der Waals surface area contributed by atoms with E-state index < -0.39 is 7.92 Å². The fourth-order valence-electron chi connectivity index (χ4n) is 3.37. The molecule has 1 aliphatic heterocycles. The molecular formula is C22H22BO2P. The zero-order valence-corrected chi connectivity index (χ0v) is 15.8. The number of hydrogen-bond donors (Lipinski definition) is 0. The summed E-state index contributed by atoms with van der Waals surface area (Å²) in [5.41, 5.74) is 1.08. The fourth-order valence-corrected chi connectivity index (χ4v) is 6.06. The van der Waals surface area contributed by atoms with Crippen molar-refractivity contribution < 1.29 is 9.31 Å². The molecule has 0 radical (unpaired) electrons. The zero-order chi connectivity index (χ0) is 17.8. The van der Waals surface area contributed by atoms with Gasteiger partial charge in [-0.3, -0.25) is 0 Å². The summed E-state index contributed by atoms with van der Waals surface area (Å²) in [5.74, 6) is 0.128. The first-order chi connectivity index (χ1) is 12.8. The van der Waals surface area contributed by atoms with E-state index in [2.05, 4.69) is 79.7 Å². The Labute approximate surface area is 157 Å². The maximum absolute atomic E-state index is 6.52. The molecule has 0 aromatic heterocycles. The lowest BCUT2D eigenvalue weighted by Gasteiger charge is -2.37. The van der Waals surface area contributed by atoms with Crippen molar-refractivity contribution in [2.24, 2.45) is 0 Å². The van der Waals surface area contributed by atoms with Crippen LogP contribution in [-0.4, -0.2) is 19.1 Å². The molecule has 1 fully saturated rings. The van der Waals surface area contributed by atoms with E-state index in [-0.39, 0.29) is 19.1 Å². The van der Waals surface area contributed by atoms with Crippen molar-refractivity contribution in [3.05, 3.63) is 91.0 Å². The van der Waals surface area contributed by atoms with Gasteiger partial charge in [-0.2, -0.15) is 0 Å². The fraction of sp³-hybridized carbons (Fsp3) is 0.182. The van der Waals surface area contributed by atoms with Gasteiger partial charge in [0.2, 0.25) is 0 Å². The molecule has 0 aliphatic carbocycles. The molecule has 2 atom stereocenters. The van der Waals surface area contributed by atoms with Crippen LogP contribution in [0, 0.1) is 0 Å². The van der Waals surface area contributed by atoms with Gasteiger partial charge < -0.3 is 9.31 Å². The second kappa shape index (κ2) is 8.18. The first-order valence-electron chi connectivity index (χ1n) is 9.06. The van der Waals surface area contributed by atoms with E-state index in [0.717, 1.165) is 11.9 Å². The van der Waals surface area contributed by atoms with Crippen LogP contribution in [0.15, 0.2) is 91.0 Å². The van der Waals surface area contributed by atoms with Crippen molar-refractivity contribution in [1.29, 1.82) is 0 Å². The van der Waals surface area contributed by atoms with Crippen LogP contribution in [0.5, 0.6) is 0 Å². The van der Waals surface area contributed by atoms with E-state index in [0.29, 0.717) is 0 Å². The smallest absolute Gasteiger partial charge is 0.405 e. The van der Waals surface area contributed by atoms with Crippen LogP contribution < -0.4 is 16.1 Å². The van der Waals surface area contributed by atoms with Crippen molar-refractivity contribution in [1.82, 2.24) is 0 Å². The molecule has 2 nitrogen and oxygen atoms in total. The van der Waals surface area contributed by atoms with E-state index >= 15 is 0 Å². The van der Waals surface area contributed by atoms with Crippen molar-refractivity contribution in [3.63, 3.8) is 0 Å². The molecule has 1 aliphatic rings. The summed E-state index contributed by atoms with van der Waals surface area (Å²) < 4.78 is 12.6. The summed E-state index contributed by atoms with van der Waals surface area (Å²) in [7, 11) is -0.918. The highest BCUT2D eigenvalue weighted by atomic mass is 31.1. The number of rotatable bonds is 4. The molecule has 0 N–H and O–H groups in total. The predicted octanol–water partition coefficient (Wildman–Crippen LogP) is 3.67. The third-order valence-corrected chi connectivity index (χ3v) is 7.22. The normalized spacial score (nSPS) is 20.3. The lowest BCUT2D eigenvalue weighted by Crippen LogP contribution is -2.48. The van der Waals surface area contributed by atoms with Gasteiger partial charge in [0.15, 0.2) is 0 Å². The third kappa shape index (κ3) is 3.91. The van der Waals surface area contributed by atoms with E-state index in [1.165, 1.54) is 10.6 Å². The summed E-state index contributed by atoms with van der Waals surface area (Å²) in [4.78, 5) is 0. The predicted molar refractivity (Wildman–Crippen MR) is 111 cm³/mol. The van der Waals surface area contributed by atoms with Gasteiger partial charge >= 0.3 is 7.12 Å². The second-order valence-electron chi connectivity index (χ2n) is 6.56. The van der Waals surface area contributed by atoms with E-state index in [9.17, 15) is 0 Å². The lowest BCUT2D eigenvalue weighted by molar-refractivity contribution is 0.0692. The minimum atomic E-state index is -0.615. The Morgan fingerprint density at radius 3 is 1.77 bits per heavy atom. The average molecular weight is 360 g/mol. The standard InChI is InChI=1S/C22H22BO2P/c1-18-17-22(25-23(24-18)19-11-5-2-6-12-19)26(20-13-7-3-8-14-20)21-15-9-4-10-16-21/h2-16,18,22H,17H2,1H3/t18-,22+/m0/s1. The third-order valence-electron chi connectivity index (χ3n) is 4.60. The molecule has 0 saturated carbocycles. The first-order valence-corrected chi connectivity index (χ1v) is 10.5. The van der Waals surface area contributed by atoms with Gasteiger partial charge in [0.05, 0.1) is 5.85 Å². The molecule has 1 saturated heterocycles. The molecule has 0 spiro atoms. The van der Waals surface area contributed by atoms with Gasteiger partial charge in [-0.05, 0) is 30.9 Å². The molecule has 3 aromatic rings. The van der Waals surface area contributed by atoms with Crippen LogP contribution in [0.1, 0.15) is 13.3 Å². The van der Waals surface area contributed by atoms with Crippen molar-refractivity contribution >= 4 is 31.1 Å². The van der Waals surface area contributed by atoms with Crippen LogP contribution in [-0.2, 0) is 9.31 Å². The summed E-state index contributed by atoms with van der Waals surface area (Å²) in [6.07, 6.45) is 1.06. The maximum atomic E-state index is 6.52. The van der Waals surface area contributed by atoms with E-state index in [1.54, 1.807) is 0 Å². The molecule has 3 aromatic carbocycles. The van der Waals surface area contributed by atoms with E-state index in [1.807, 2.05) is 18.2 Å². The molecule has 26 heavy (non-hydrogen) atoms. The van der Waals surface area contributed by atoms with Gasteiger partial charge in [0, 0.05) is 12.5 Å². The number of hydrogen-bond acceptors (Lipinski definition) is 2. The molecule has 1 heterocycles. The second-order valence-corrected chi connectivity index (χ2v) is 8.91. The molecule has 4 rings (SSSR count). The monoisotopic (exact) mass is 360 g/mol. The number of benzene rings is 3. The van der Waals surface area contributed by atoms with Crippen LogP contribution in [0.4, 0.5) is 0 Å². The van der Waals surface area contributed by atoms with Crippen LogP contribution in [0.3, 0.4) is 0 Å². The lowest BCUT2D eigenvalue weighted by atomic mass is 9.77. The molecule has 0 bridgehead atoms. The minimum Gasteiger partial charge on any atom is -0.405 e. The average Bonchev–Trinajstić information content (AvgIpc) is 2.70. The highest BCUT2D eigenvalue weighted by Crippen LogP contribution is 2.44. The largest absolute Gasteiger partial charge is 0.494 e. The van der Waals surface area contributed by atoms with Crippen LogP contribution >= 0.6 is 7.92 Å². The summed E-state index contributed by atoms with van der Waals surface area (Å²) in [5, 5.41) is 2.69. The Kier molecular flexibility index (Phi) is 5.50. The summed E-state index contributed by atoms with van der Waals surface area (Å²) >= 11 is 0. The van der Waals surface area contributed by atoms with Crippen LogP contribution in [0.2, 0.25) is 0 Å². The van der Waals surface area contributed by atoms with Crippen molar-refractivity contribution in [2.75, 3.05) is 0 Å². The summed E-state index contributed by atoms with van der Waals surface area (Å²) in [6.45, 7) is 2.15. The highest BCUT2D eigenvalue weighted by Gasteiger charge is 2.38. The van der Waals surface area contributed by atoms with Gasteiger partial charge in [-0.15, -0.1) is 0 Å². The molecule has 130 valence electrons. The van der Waals surface area contributed by atoms with Crippen LogP contribution in [0.25, 0.3) is 0 Å². The minimum absolute atomic E-state index is 0.128. The highest BCUT2D eigenvalue weighted by molar-refractivity contribution is 7.73. The quantitative estimate of drug-likeness (QED) is 0.522. The van der Waals surface area contributed by atoms with Gasteiger partial charge in [-0.1, -0.05) is 91.0 Å². The Balaban J connectivity index is 1.69. The Hall–Kier alpha value is -1.93. The SMILES string of the molecule is C[C@H]1C[C@@H](P(c2ccccc2)c2ccccc2)OB(c2ccccc2)O1. The maximum Gasteiger partial charge on any atom is 0.494 e. The Morgan fingerprint density at radius 1 is 0.731 bits per heavy atom.